The molecule has 0 fully saturated rings. The molecule has 0 aromatic carbocycles. The van der Waals surface area contributed by atoms with Crippen molar-refractivity contribution in [2.24, 2.45) is 21.8 Å². The van der Waals surface area contributed by atoms with Crippen LogP contribution in [0.2, 0.25) is 0 Å². The smallest absolute Gasteiger partial charge is 0.303 e. The van der Waals surface area contributed by atoms with Gasteiger partial charge in [-0.1, -0.05) is 62.1 Å². The largest absolute Gasteiger partial charge is 0.593 e. The highest BCUT2D eigenvalue weighted by molar-refractivity contribution is 7.89. The minimum Gasteiger partial charge on any atom is -0.593 e. The van der Waals surface area contributed by atoms with Crippen LogP contribution in [0.3, 0.4) is 0 Å². The second-order valence-electron chi connectivity index (χ2n) is 10.2. The van der Waals surface area contributed by atoms with Crippen LogP contribution in [-0.2, 0) is 21.0 Å². The third kappa shape index (κ3) is 11.8. The van der Waals surface area contributed by atoms with Crippen LogP contribution in [0.5, 0.6) is 0 Å². The predicted molar refractivity (Wildman–Crippen MR) is 174 cm³/mol. The summed E-state index contributed by atoms with van der Waals surface area (Å²) < 4.78 is 14.4. The zero-order valence-electron chi connectivity index (χ0n) is 25.4. The quantitative estimate of drug-likeness (QED) is 0.141. The number of allylic oxidation sites excluding steroid dienone is 9. The Morgan fingerprint density at radius 2 is 2.10 bits per heavy atom. The number of carbonyl (C=O) groups excluding carboxylic acids is 1. The van der Waals surface area contributed by atoms with E-state index in [1.165, 1.54) is 0 Å². The Balaban J connectivity index is 2.30. The molecule has 0 aliphatic carbocycles. The summed E-state index contributed by atoms with van der Waals surface area (Å²) in [7, 11) is 0. The molecule has 2 heterocycles. The zero-order chi connectivity index (χ0) is 30.9. The first-order valence-corrected chi connectivity index (χ1v) is 15.9. The number of nitrogens with one attached hydrogen (secondary N) is 1. The molecule has 8 nitrogen and oxygen atoms in total. The fourth-order valence-electron chi connectivity index (χ4n) is 4.57. The summed E-state index contributed by atoms with van der Waals surface area (Å²) >= 11 is -1.13. The number of aliphatic carboxylic acids is 1. The number of rotatable bonds is 14. The van der Waals surface area contributed by atoms with Gasteiger partial charge in [-0.05, 0) is 65.0 Å². The van der Waals surface area contributed by atoms with E-state index in [0.717, 1.165) is 22.8 Å². The highest BCUT2D eigenvalue weighted by Gasteiger charge is 2.28. The second-order valence-corrected chi connectivity index (χ2v) is 11.9. The molecular formula is C33H46N4O4S. The van der Waals surface area contributed by atoms with Crippen molar-refractivity contribution in [3.05, 3.63) is 84.9 Å². The van der Waals surface area contributed by atoms with Gasteiger partial charge < -0.3 is 15.0 Å². The van der Waals surface area contributed by atoms with E-state index in [0.29, 0.717) is 44.4 Å². The van der Waals surface area contributed by atoms with Gasteiger partial charge in [0, 0.05) is 24.2 Å². The van der Waals surface area contributed by atoms with Crippen molar-refractivity contribution < 1.29 is 19.2 Å². The third-order valence-electron chi connectivity index (χ3n) is 6.86. The fourth-order valence-corrected chi connectivity index (χ4v) is 5.55. The Hall–Kier alpha value is -3.43. The number of amides is 1. The van der Waals surface area contributed by atoms with E-state index >= 15 is 0 Å². The van der Waals surface area contributed by atoms with Crippen LogP contribution in [0.25, 0.3) is 0 Å². The van der Waals surface area contributed by atoms with E-state index in [2.05, 4.69) is 24.9 Å². The van der Waals surface area contributed by atoms with Gasteiger partial charge in [0.15, 0.2) is 0 Å². The zero-order valence-corrected chi connectivity index (χ0v) is 26.2. The van der Waals surface area contributed by atoms with E-state index < -0.39 is 23.2 Å². The number of hydrogen-bond donors (Lipinski definition) is 2. The van der Waals surface area contributed by atoms with Gasteiger partial charge in [-0.2, -0.15) is 4.31 Å². The molecule has 0 radical (unpaired) electrons. The van der Waals surface area contributed by atoms with Crippen molar-refractivity contribution in [3.63, 3.8) is 0 Å². The van der Waals surface area contributed by atoms with Crippen molar-refractivity contribution in [1.82, 2.24) is 9.62 Å². The lowest BCUT2D eigenvalue weighted by Crippen LogP contribution is -2.44. The number of aliphatic imine (C=N–C) groups is 2. The highest BCUT2D eigenvalue weighted by atomic mass is 32.2. The Kier molecular flexibility index (Phi) is 15.6. The molecule has 4 atom stereocenters. The molecular weight excluding hydrogens is 548 g/mol. The lowest BCUT2D eigenvalue weighted by Gasteiger charge is -2.32. The van der Waals surface area contributed by atoms with Crippen molar-refractivity contribution in [3.8, 4) is 0 Å². The summed E-state index contributed by atoms with van der Waals surface area (Å²) in [6, 6.07) is -0.191. The van der Waals surface area contributed by atoms with Crippen molar-refractivity contribution >= 4 is 34.7 Å². The van der Waals surface area contributed by atoms with E-state index in [1.807, 2.05) is 67.6 Å². The molecule has 9 heteroatoms. The summed E-state index contributed by atoms with van der Waals surface area (Å²) in [5, 5.41) is 12.2. The molecule has 0 saturated carbocycles. The summed E-state index contributed by atoms with van der Waals surface area (Å²) in [5.41, 5.74) is 3.24. The number of carboxylic acids is 1. The number of carbonyl (C=O) groups is 2. The van der Waals surface area contributed by atoms with Crippen LogP contribution in [0.1, 0.15) is 66.2 Å². The SMILES string of the molecule is C=C/C=C\C1=CC(NC(=O)C2/C=C/N=C(CCCCC(=O)O)\C(C(C)/C=C\C=C/C)=N/C(C)=C/C2)CCN1[S+]([O-])CC. The van der Waals surface area contributed by atoms with Gasteiger partial charge in [0.25, 0.3) is 0 Å². The second kappa shape index (κ2) is 18.9. The standard InChI is InChI=1S/C33H46N4O4S/c1-6-9-11-14-25(4)32-30(16-12-13-17-31(38)39)34-22-20-27(19-18-26(5)35-32)33(40)36-28-21-23-37(42(41)8-3)29(24-28)15-10-7-2/h6-7,9-11,14-15,18,20,22,24-25,27-28H,2,8,12-13,16-17,19,21,23H2,1,3-5H3,(H,36,40)(H,38,39)/b9-6-,14-11-,15-10-,22-20+,26-18+,34-30-,35-32-. The Bertz CT molecular complexity index is 1180. The van der Waals surface area contributed by atoms with Gasteiger partial charge in [-0.25, -0.2) is 0 Å². The summed E-state index contributed by atoms with van der Waals surface area (Å²) in [5.74, 6) is -0.844. The molecule has 42 heavy (non-hydrogen) atoms. The molecule has 2 aliphatic rings. The topological polar surface area (TPSA) is 117 Å². The average Bonchev–Trinajstić information content (AvgIpc) is 2.97. The van der Waals surface area contributed by atoms with Gasteiger partial charge in [0.1, 0.15) is 5.75 Å². The van der Waals surface area contributed by atoms with Crippen LogP contribution in [-0.4, -0.2) is 55.6 Å². The summed E-state index contributed by atoms with van der Waals surface area (Å²) in [4.78, 5) is 34.1. The highest BCUT2D eigenvalue weighted by Crippen LogP contribution is 2.22. The molecule has 1 amide bonds. The van der Waals surface area contributed by atoms with Crippen LogP contribution >= 0.6 is 0 Å². The number of carboxylic acid groups (broad SMARTS) is 1. The van der Waals surface area contributed by atoms with E-state index in [-0.39, 0.29) is 24.3 Å². The van der Waals surface area contributed by atoms with Gasteiger partial charge in [0.2, 0.25) is 5.91 Å². The van der Waals surface area contributed by atoms with Crippen LogP contribution in [0, 0.1) is 11.8 Å². The first kappa shape index (κ1) is 34.8. The fraction of sp³-hybridized carbons (Fsp3) is 0.455. The lowest BCUT2D eigenvalue weighted by atomic mass is 9.95. The average molecular weight is 595 g/mol. The van der Waals surface area contributed by atoms with Gasteiger partial charge in [-0.15, -0.1) is 0 Å². The minimum atomic E-state index is -1.13. The maximum Gasteiger partial charge on any atom is 0.303 e. The summed E-state index contributed by atoms with van der Waals surface area (Å²) in [6.07, 6.45) is 23.8. The summed E-state index contributed by atoms with van der Waals surface area (Å²) in [6.45, 7) is 12.1. The lowest BCUT2D eigenvalue weighted by molar-refractivity contribution is -0.137. The molecule has 0 saturated heterocycles. The van der Waals surface area contributed by atoms with Gasteiger partial charge in [0.05, 0.1) is 47.0 Å². The maximum atomic E-state index is 13.4. The van der Waals surface area contributed by atoms with E-state index in [1.54, 1.807) is 18.4 Å². The predicted octanol–water partition coefficient (Wildman–Crippen LogP) is 6.22. The maximum absolute atomic E-state index is 13.4. The third-order valence-corrected chi connectivity index (χ3v) is 8.24. The molecule has 0 spiro atoms. The Morgan fingerprint density at radius 1 is 1.31 bits per heavy atom. The molecule has 2 rings (SSSR count). The van der Waals surface area contributed by atoms with Crippen molar-refractivity contribution in [1.29, 1.82) is 0 Å². The first-order valence-electron chi connectivity index (χ1n) is 14.7. The van der Waals surface area contributed by atoms with E-state index in [4.69, 9.17) is 15.1 Å². The first-order chi connectivity index (χ1) is 20.2. The molecule has 2 N–H and O–H groups in total. The molecule has 4 unspecified atom stereocenters. The monoisotopic (exact) mass is 594 g/mol. The number of unbranched alkanes of at least 4 members (excludes halogenated alkanes) is 1. The molecule has 0 aromatic heterocycles. The van der Waals surface area contributed by atoms with Crippen molar-refractivity contribution in [2.45, 2.75) is 72.3 Å². The minimum absolute atomic E-state index is 0.00118. The Morgan fingerprint density at radius 3 is 2.79 bits per heavy atom. The Labute approximate surface area is 254 Å². The van der Waals surface area contributed by atoms with Crippen LogP contribution < -0.4 is 5.32 Å². The van der Waals surface area contributed by atoms with Gasteiger partial charge in [-0.3, -0.25) is 19.6 Å². The molecule has 2 aliphatic heterocycles. The molecule has 228 valence electrons. The normalized spacial score (nSPS) is 26.0. The molecule has 0 bridgehead atoms. The van der Waals surface area contributed by atoms with Crippen molar-refractivity contribution in [2.75, 3.05) is 12.3 Å². The number of nitrogens with zero attached hydrogens (tertiary/aromatic N) is 3. The van der Waals surface area contributed by atoms with Gasteiger partial charge >= 0.3 is 5.97 Å². The van der Waals surface area contributed by atoms with E-state index in [9.17, 15) is 14.1 Å². The van der Waals surface area contributed by atoms with Crippen LogP contribution in [0.15, 0.2) is 94.9 Å². The van der Waals surface area contributed by atoms with Crippen LogP contribution in [0.4, 0.5) is 0 Å². The molecule has 0 aromatic rings. The number of hydrogen-bond acceptors (Lipinski definition) is 6.